The third kappa shape index (κ3) is 11.5. The van der Waals surface area contributed by atoms with E-state index >= 15 is 0 Å². The maximum atomic E-state index is 13.9. The molecule has 1 heterocycles. The van der Waals surface area contributed by atoms with Crippen molar-refractivity contribution in [1.29, 1.82) is 0 Å². The molecule has 1 fully saturated rings. The first-order chi connectivity index (χ1) is 23.7. The fourth-order valence-electron chi connectivity index (χ4n) is 5.50. The van der Waals surface area contributed by atoms with Crippen LogP contribution >= 0.6 is 23.2 Å². The van der Waals surface area contributed by atoms with Crippen LogP contribution in [0.15, 0.2) is 48.5 Å². The molecular formula is C36H47Cl2N5O7. The molecule has 1 aliphatic rings. The van der Waals surface area contributed by atoms with Crippen molar-refractivity contribution in [3.8, 4) is 0 Å². The molecule has 4 atom stereocenters. The molecule has 1 aliphatic heterocycles. The first kappa shape index (κ1) is 40.4. The van der Waals surface area contributed by atoms with Gasteiger partial charge in [-0.15, -0.1) is 0 Å². The summed E-state index contributed by atoms with van der Waals surface area (Å²) in [4.78, 5) is 80.3. The number of likely N-dealkylation sites (tertiary alicyclic amines) is 1. The van der Waals surface area contributed by atoms with Gasteiger partial charge in [0.1, 0.15) is 18.7 Å². The van der Waals surface area contributed by atoms with Gasteiger partial charge in [0.2, 0.25) is 23.4 Å². The number of alkyl carbamates (subject to hydrolysis) is 1. The number of benzene rings is 2. The van der Waals surface area contributed by atoms with Crippen LogP contribution in [-0.4, -0.2) is 77.5 Å². The van der Waals surface area contributed by atoms with Crippen LogP contribution < -0.4 is 21.7 Å². The van der Waals surface area contributed by atoms with Gasteiger partial charge in [0, 0.05) is 18.1 Å². The number of nitrogens with one attached hydrogen (secondary N) is 3. The van der Waals surface area contributed by atoms with Crippen molar-refractivity contribution < 1.29 is 33.5 Å². The minimum Gasteiger partial charge on any atom is -0.445 e. The van der Waals surface area contributed by atoms with E-state index in [0.717, 1.165) is 5.56 Å². The maximum absolute atomic E-state index is 13.9. The molecule has 50 heavy (non-hydrogen) atoms. The minimum absolute atomic E-state index is 0.0964. The van der Waals surface area contributed by atoms with E-state index in [0.29, 0.717) is 30.7 Å². The standard InChI is InChI=1S/C36H47Cl2N5O7/c1-21(2)29(39)32(45)31(44)28-14-10-18-43(28)35(48)30(22(3)4)42-34(47)27(41-33(46)25-16-15-24(37)19-26(25)38)13-8-9-17-40-36(49)50-20-23-11-6-5-7-12-23/h5-7,11-12,15-16,19,21-22,27-30H,8-10,13-14,17-18,20,39H2,1-4H3,(H,40,49)(H,41,46)(H,42,47)/t27-,28-,29-,30-/m0/s1. The number of carbonyl (C=O) groups is 6. The number of rotatable bonds is 17. The molecule has 0 radical (unpaired) electrons. The molecule has 14 heteroatoms. The highest BCUT2D eigenvalue weighted by Gasteiger charge is 2.42. The van der Waals surface area contributed by atoms with Crippen LogP contribution in [0.25, 0.3) is 0 Å². The number of hydrogen-bond acceptors (Lipinski definition) is 8. The Kier molecular flexibility index (Phi) is 15.7. The number of carbonyl (C=O) groups excluding carboxylic acids is 6. The van der Waals surface area contributed by atoms with Gasteiger partial charge in [0.05, 0.1) is 22.7 Å². The van der Waals surface area contributed by atoms with E-state index in [1.54, 1.807) is 27.7 Å². The number of nitrogens with zero attached hydrogens (tertiary/aromatic N) is 1. The lowest BCUT2D eigenvalue weighted by Crippen LogP contribution is -2.58. The van der Waals surface area contributed by atoms with Crippen LogP contribution in [0.5, 0.6) is 0 Å². The molecule has 1 saturated heterocycles. The van der Waals surface area contributed by atoms with Crippen LogP contribution in [-0.2, 0) is 30.5 Å². The Morgan fingerprint density at radius 2 is 1.64 bits per heavy atom. The number of Topliss-reactive ketones (excluding diaryl/α,β-unsaturated/α-hetero) is 2. The molecule has 272 valence electrons. The third-order valence-electron chi connectivity index (χ3n) is 8.53. The molecule has 5 N–H and O–H groups in total. The lowest BCUT2D eigenvalue weighted by molar-refractivity contribution is -0.146. The molecule has 0 bridgehead atoms. The zero-order valence-electron chi connectivity index (χ0n) is 28.9. The summed E-state index contributed by atoms with van der Waals surface area (Å²) < 4.78 is 5.23. The molecule has 3 rings (SSSR count). The molecule has 2 aromatic carbocycles. The first-order valence-electron chi connectivity index (χ1n) is 16.9. The number of nitrogens with two attached hydrogens (primary N) is 1. The van der Waals surface area contributed by atoms with Crippen molar-refractivity contribution in [3.63, 3.8) is 0 Å². The SMILES string of the molecule is CC(C)[C@H](N)C(=O)C(=O)[C@@H]1CCCN1C(=O)[C@@H](NC(=O)[C@H](CCCCNC(=O)OCc1ccccc1)NC(=O)c1ccc(Cl)cc1Cl)C(C)C. The Labute approximate surface area is 303 Å². The third-order valence-corrected chi connectivity index (χ3v) is 9.08. The number of ketones is 2. The van der Waals surface area contributed by atoms with Crippen molar-refractivity contribution >= 4 is 58.6 Å². The van der Waals surface area contributed by atoms with E-state index in [1.165, 1.54) is 23.1 Å². The number of amides is 4. The zero-order valence-corrected chi connectivity index (χ0v) is 30.4. The van der Waals surface area contributed by atoms with Gasteiger partial charge in [-0.3, -0.25) is 24.0 Å². The number of hydrogen-bond donors (Lipinski definition) is 4. The van der Waals surface area contributed by atoms with Gasteiger partial charge in [-0.25, -0.2) is 4.79 Å². The summed E-state index contributed by atoms with van der Waals surface area (Å²) in [5.41, 5.74) is 6.91. The average Bonchev–Trinajstić information content (AvgIpc) is 3.58. The van der Waals surface area contributed by atoms with E-state index in [4.69, 9.17) is 33.7 Å². The van der Waals surface area contributed by atoms with Gasteiger partial charge < -0.3 is 31.3 Å². The Hall–Kier alpha value is -4.00. The zero-order chi connectivity index (χ0) is 37.0. The van der Waals surface area contributed by atoms with Crippen LogP contribution in [0, 0.1) is 11.8 Å². The van der Waals surface area contributed by atoms with Crippen molar-refractivity contribution in [2.45, 2.75) is 90.6 Å². The molecule has 0 spiro atoms. The summed E-state index contributed by atoms with van der Waals surface area (Å²) in [5.74, 6) is -3.83. The summed E-state index contributed by atoms with van der Waals surface area (Å²) in [6.45, 7) is 7.61. The van der Waals surface area contributed by atoms with E-state index in [9.17, 15) is 28.8 Å². The summed E-state index contributed by atoms with van der Waals surface area (Å²) >= 11 is 12.3. The van der Waals surface area contributed by atoms with Gasteiger partial charge >= 0.3 is 6.09 Å². The van der Waals surface area contributed by atoms with Crippen molar-refractivity contribution in [2.75, 3.05) is 13.1 Å². The topological polar surface area (TPSA) is 177 Å². The minimum atomic E-state index is -1.09. The maximum Gasteiger partial charge on any atom is 0.407 e. The lowest BCUT2D eigenvalue weighted by atomic mass is 9.94. The van der Waals surface area contributed by atoms with Crippen LogP contribution in [0.2, 0.25) is 10.0 Å². The summed E-state index contributed by atoms with van der Waals surface area (Å²) in [6.07, 6.45) is 1.27. The quantitative estimate of drug-likeness (QED) is 0.136. The summed E-state index contributed by atoms with van der Waals surface area (Å²) in [5, 5.41) is 8.61. The lowest BCUT2D eigenvalue weighted by Gasteiger charge is -2.31. The van der Waals surface area contributed by atoms with Crippen LogP contribution in [0.1, 0.15) is 75.7 Å². The highest BCUT2D eigenvalue weighted by atomic mass is 35.5. The molecule has 0 aromatic heterocycles. The van der Waals surface area contributed by atoms with E-state index < -0.39 is 65.5 Å². The van der Waals surface area contributed by atoms with Gasteiger partial charge in [0.25, 0.3) is 5.91 Å². The second kappa shape index (κ2) is 19.4. The number of halogens is 2. The van der Waals surface area contributed by atoms with Gasteiger partial charge in [-0.1, -0.05) is 81.2 Å². The molecule has 12 nitrogen and oxygen atoms in total. The number of unbranched alkanes of at least 4 members (excludes halogenated alkanes) is 1. The summed E-state index contributed by atoms with van der Waals surface area (Å²) in [7, 11) is 0. The predicted octanol–water partition coefficient (Wildman–Crippen LogP) is 4.44. The summed E-state index contributed by atoms with van der Waals surface area (Å²) in [6, 6.07) is 9.52. The molecule has 4 amide bonds. The second-order valence-electron chi connectivity index (χ2n) is 13.1. The predicted molar refractivity (Wildman–Crippen MR) is 191 cm³/mol. The highest BCUT2D eigenvalue weighted by Crippen LogP contribution is 2.23. The molecule has 0 unspecified atom stereocenters. The van der Waals surface area contributed by atoms with Crippen molar-refractivity contribution in [3.05, 3.63) is 69.7 Å². The Morgan fingerprint density at radius 3 is 2.28 bits per heavy atom. The molecule has 0 aliphatic carbocycles. The fraction of sp³-hybridized carbons (Fsp3) is 0.500. The molecule has 2 aromatic rings. The van der Waals surface area contributed by atoms with E-state index in [1.807, 2.05) is 30.3 Å². The highest BCUT2D eigenvalue weighted by molar-refractivity contribution is 6.41. The van der Waals surface area contributed by atoms with Crippen molar-refractivity contribution in [2.24, 2.45) is 17.6 Å². The normalized spacial score (nSPS) is 16.0. The monoisotopic (exact) mass is 731 g/mol. The van der Waals surface area contributed by atoms with Crippen LogP contribution in [0.3, 0.4) is 0 Å². The average molecular weight is 733 g/mol. The van der Waals surface area contributed by atoms with Gasteiger partial charge in [-0.05, 0) is 67.7 Å². The Morgan fingerprint density at radius 1 is 0.940 bits per heavy atom. The largest absolute Gasteiger partial charge is 0.445 e. The van der Waals surface area contributed by atoms with Crippen molar-refractivity contribution in [1.82, 2.24) is 20.9 Å². The van der Waals surface area contributed by atoms with E-state index in [2.05, 4.69) is 16.0 Å². The van der Waals surface area contributed by atoms with Crippen LogP contribution in [0.4, 0.5) is 4.79 Å². The van der Waals surface area contributed by atoms with Gasteiger partial charge in [0.15, 0.2) is 0 Å². The number of ether oxygens (including phenoxy) is 1. The van der Waals surface area contributed by atoms with Gasteiger partial charge in [-0.2, -0.15) is 0 Å². The first-order valence-corrected chi connectivity index (χ1v) is 17.6. The Bertz CT molecular complexity index is 1520. The fourth-order valence-corrected chi connectivity index (χ4v) is 5.99. The molecule has 0 saturated carbocycles. The second-order valence-corrected chi connectivity index (χ2v) is 13.9. The van der Waals surface area contributed by atoms with E-state index in [-0.39, 0.29) is 42.6 Å². The molecular weight excluding hydrogens is 685 g/mol. The Balaban J connectivity index is 1.68. The smallest absolute Gasteiger partial charge is 0.407 e.